The summed E-state index contributed by atoms with van der Waals surface area (Å²) in [6, 6.07) is 0. The summed E-state index contributed by atoms with van der Waals surface area (Å²) in [7, 11) is 0. The fraction of sp³-hybridized carbons (Fsp3) is 0.667. The average Bonchev–Trinajstić information content (AvgIpc) is 2.16. The van der Waals surface area contributed by atoms with Gasteiger partial charge >= 0.3 is 52.4 Å². The minimum absolute atomic E-state index is 0. The standard InChI is InChI=1S/2C6H10O3.2Zr/c2*1-2-3-5(7)4-6(8)9;;/h2*2-4H2,1H3,(H,8,9);;/q;;2*+4/p-2. The molecule has 0 aromatic heterocycles. The van der Waals surface area contributed by atoms with Crippen molar-refractivity contribution in [3.05, 3.63) is 0 Å². The Bertz CT molecular complexity index is 274. The maximum absolute atomic E-state index is 10.4. The van der Waals surface area contributed by atoms with E-state index >= 15 is 0 Å². The third kappa shape index (κ3) is 26.6. The van der Waals surface area contributed by atoms with Crippen LogP contribution in [-0.4, -0.2) is 23.5 Å². The summed E-state index contributed by atoms with van der Waals surface area (Å²) in [5.41, 5.74) is 0. The van der Waals surface area contributed by atoms with Gasteiger partial charge < -0.3 is 19.8 Å². The van der Waals surface area contributed by atoms with Crippen LogP contribution in [0, 0.1) is 0 Å². The zero-order chi connectivity index (χ0) is 14.6. The van der Waals surface area contributed by atoms with E-state index in [0.29, 0.717) is 25.7 Å². The second-order valence-electron chi connectivity index (χ2n) is 3.67. The topological polar surface area (TPSA) is 114 Å². The first-order chi connectivity index (χ1) is 8.33. The van der Waals surface area contributed by atoms with Crippen LogP contribution in [0.25, 0.3) is 0 Å². The van der Waals surface area contributed by atoms with Crippen molar-refractivity contribution in [2.75, 3.05) is 0 Å². The molecule has 0 spiro atoms. The molecule has 0 aliphatic rings. The number of carboxylic acids is 2. The Balaban J connectivity index is -0.000000116. The Morgan fingerprint density at radius 1 is 0.700 bits per heavy atom. The van der Waals surface area contributed by atoms with E-state index in [0.717, 1.165) is 0 Å². The summed E-state index contributed by atoms with van der Waals surface area (Å²) in [6.45, 7) is 3.65. The van der Waals surface area contributed by atoms with Gasteiger partial charge in [0.2, 0.25) is 0 Å². The van der Waals surface area contributed by atoms with E-state index in [-0.39, 0.29) is 64.0 Å². The van der Waals surface area contributed by atoms with E-state index in [2.05, 4.69) is 0 Å². The summed E-state index contributed by atoms with van der Waals surface area (Å²) in [6.07, 6.45) is 1.21. The van der Waals surface area contributed by atoms with Crippen LogP contribution in [0.3, 0.4) is 0 Å². The van der Waals surface area contributed by atoms with Gasteiger partial charge in [0, 0.05) is 37.6 Å². The van der Waals surface area contributed by atoms with E-state index in [1.54, 1.807) is 0 Å². The predicted molar refractivity (Wildman–Crippen MR) is 59.1 cm³/mol. The van der Waals surface area contributed by atoms with Crippen molar-refractivity contribution in [3.63, 3.8) is 0 Å². The molecule has 0 atom stereocenters. The molecule has 0 unspecified atom stereocenters. The zero-order valence-corrected chi connectivity index (χ0v) is 16.6. The molecule has 0 radical (unpaired) electrons. The molecule has 0 aromatic rings. The molecular formula is C12H18O6Zr2+6. The Morgan fingerprint density at radius 2 is 0.950 bits per heavy atom. The number of carboxylic acid groups (broad SMARTS) is 2. The summed E-state index contributed by atoms with van der Waals surface area (Å²) in [5, 5.41) is 19.5. The van der Waals surface area contributed by atoms with Gasteiger partial charge in [0.25, 0.3) is 0 Å². The molecule has 0 bridgehead atoms. The minimum atomic E-state index is -1.28. The summed E-state index contributed by atoms with van der Waals surface area (Å²) < 4.78 is 0. The molecule has 0 fully saturated rings. The first-order valence-electron chi connectivity index (χ1n) is 5.76. The molecule has 0 heterocycles. The van der Waals surface area contributed by atoms with Crippen molar-refractivity contribution in [1.29, 1.82) is 0 Å². The van der Waals surface area contributed by atoms with Gasteiger partial charge in [-0.15, -0.1) is 0 Å². The monoisotopic (exact) mass is 438 g/mol. The predicted octanol–water partition coefficient (Wildman–Crippen LogP) is -1.01. The van der Waals surface area contributed by atoms with Crippen molar-refractivity contribution in [3.8, 4) is 0 Å². The van der Waals surface area contributed by atoms with Crippen molar-refractivity contribution >= 4 is 23.5 Å². The maximum atomic E-state index is 10.4. The van der Waals surface area contributed by atoms with Crippen molar-refractivity contribution < 1.29 is 81.8 Å². The Kier molecular flexibility index (Phi) is 26.9. The van der Waals surface area contributed by atoms with Crippen molar-refractivity contribution in [2.45, 2.75) is 52.4 Å². The smallest absolute Gasteiger partial charge is 0.550 e. The summed E-state index contributed by atoms with van der Waals surface area (Å²) in [5.74, 6) is -3.07. The van der Waals surface area contributed by atoms with E-state index in [1.807, 2.05) is 13.8 Å². The minimum Gasteiger partial charge on any atom is -0.550 e. The van der Waals surface area contributed by atoms with E-state index in [1.165, 1.54) is 0 Å². The third-order valence-corrected chi connectivity index (χ3v) is 1.74. The molecule has 104 valence electrons. The van der Waals surface area contributed by atoms with E-state index < -0.39 is 24.8 Å². The molecule has 0 aliphatic carbocycles. The van der Waals surface area contributed by atoms with E-state index in [9.17, 15) is 29.4 Å². The molecule has 6 nitrogen and oxygen atoms in total. The molecule has 0 N–H and O–H groups in total. The second kappa shape index (κ2) is 19.0. The first-order valence-corrected chi connectivity index (χ1v) is 5.76. The average molecular weight is 441 g/mol. The molecule has 0 amide bonds. The van der Waals surface area contributed by atoms with Crippen LogP contribution in [0.5, 0.6) is 0 Å². The third-order valence-electron chi connectivity index (χ3n) is 1.74. The molecule has 0 aromatic carbocycles. The molecule has 0 saturated carbocycles. The quantitative estimate of drug-likeness (QED) is 0.447. The first kappa shape index (κ1) is 28.2. The number of carbonyl (C=O) groups excluding carboxylic acids is 4. The fourth-order valence-corrected chi connectivity index (χ4v) is 1.06. The van der Waals surface area contributed by atoms with Gasteiger partial charge in [0.05, 0.1) is 0 Å². The maximum Gasteiger partial charge on any atom is 4.00 e. The Morgan fingerprint density at radius 3 is 1.10 bits per heavy atom. The van der Waals surface area contributed by atoms with Crippen LogP contribution in [0.1, 0.15) is 52.4 Å². The zero-order valence-electron chi connectivity index (χ0n) is 11.7. The molecule has 8 heteroatoms. The molecule has 0 rings (SSSR count). The van der Waals surface area contributed by atoms with Crippen LogP contribution in [0.15, 0.2) is 0 Å². The number of rotatable bonds is 8. The SMILES string of the molecule is CCCC(=O)CC(=O)[O-].CCCC(=O)CC(=O)[O-].[Zr+4].[Zr+4]. The largest absolute Gasteiger partial charge is 4.00 e. The summed E-state index contributed by atoms with van der Waals surface area (Å²) >= 11 is 0. The number of aliphatic carboxylic acids is 2. The van der Waals surface area contributed by atoms with Crippen LogP contribution < -0.4 is 10.2 Å². The Hall–Kier alpha value is 0.0462. The van der Waals surface area contributed by atoms with Gasteiger partial charge in [0.1, 0.15) is 11.6 Å². The van der Waals surface area contributed by atoms with Gasteiger partial charge in [0.15, 0.2) is 0 Å². The fourth-order valence-electron chi connectivity index (χ4n) is 1.06. The van der Waals surface area contributed by atoms with Crippen LogP contribution in [0.2, 0.25) is 0 Å². The van der Waals surface area contributed by atoms with Crippen molar-refractivity contribution in [1.82, 2.24) is 0 Å². The van der Waals surface area contributed by atoms with Gasteiger partial charge in [-0.05, 0) is 12.8 Å². The van der Waals surface area contributed by atoms with Crippen LogP contribution in [0.4, 0.5) is 0 Å². The molecule has 0 saturated heterocycles. The van der Waals surface area contributed by atoms with Crippen LogP contribution in [-0.2, 0) is 71.6 Å². The van der Waals surface area contributed by atoms with Gasteiger partial charge in [-0.3, -0.25) is 9.59 Å². The molecular weight excluding hydrogens is 423 g/mol. The number of Topliss-reactive ketones (excluding diaryl/α,β-unsaturated/α-hetero) is 2. The molecule has 0 aliphatic heterocycles. The number of hydrogen-bond donors (Lipinski definition) is 0. The number of carbonyl (C=O) groups is 4. The van der Waals surface area contributed by atoms with Gasteiger partial charge in [-0.1, -0.05) is 13.8 Å². The van der Waals surface area contributed by atoms with Crippen LogP contribution >= 0.6 is 0 Å². The normalized spacial score (nSPS) is 8.10. The van der Waals surface area contributed by atoms with E-state index in [4.69, 9.17) is 0 Å². The van der Waals surface area contributed by atoms with Crippen molar-refractivity contribution in [2.24, 2.45) is 0 Å². The van der Waals surface area contributed by atoms with Gasteiger partial charge in [-0.2, -0.15) is 0 Å². The molecule has 20 heavy (non-hydrogen) atoms. The Labute approximate surface area is 156 Å². The second-order valence-corrected chi connectivity index (χ2v) is 3.67. The number of ketones is 2. The van der Waals surface area contributed by atoms with Gasteiger partial charge in [-0.25, -0.2) is 0 Å². The summed E-state index contributed by atoms with van der Waals surface area (Å²) in [4.78, 5) is 40.4. The number of hydrogen-bond acceptors (Lipinski definition) is 6.